The summed E-state index contributed by atoms with van der Waals surface area (Å²) in [4.78, 5) is 24.5. The summed E-state index contributed by atoms with van der Waals surface area (Å²) < 4.78 is 5.19. The molecule has 0 aliphatic carbocycles. The van der Waals surface area contributed by atoms with Crippen LogP contribution >= 0.6 is 0 Å². The number of hydrogen-bond donors (Lipinski definition) is 2. The number of benzene rings is 2. The van der Waals surface area contributed by atoms with Crippen LogP contribution in [0.15, 0.2) is 48.5 Å². The fourth-order valence-electron chi connectivity index (χ4n) is 3.35. The van der Waals surface area contributed by atoms with E-state index in [2.05, 4.69) is 55.7 Å². The Bertz CT molecular complexity index is 798. The van der Waals surface area contributed by atoms with Crippen LogP contribution in [0.4, 0.5) is 0 Å². The summed E-state index contributed by atoms with van der Waals surface area (Å²) in [6.07, 6.45) is 1.15. The van der Waals surface area contributed by atoms with E-state index in [0.29, 0.717) is 0 Å². The fraction of sp³-hybridized carbons (Fsp3) is 0.417. The van der Waals surface area contributed by atoms with Gasteiger partial charge in [-0.2, -0.15) is 0 Å². The number of ether oxygens (including phenoxy) is 1. The molecule has 0 saturated carbocycles. The lowest BCUT2D eigenvalue weighted by molar-refractivity contribution is -0.123. The molecule has 0 radical (unpaired) electrons. The van der Waals surface area contributed by atoms with Crippen molar-refractivity contribution in [3.8, 4) is 5.75 Å². The lowest BCUT2D eigenvalue weighted by Crippen LogP contribution is -2.36. The number of hydrogen-bond acceptors (Lipinski definition) is 3. The molecule has 5 heteroatoms. The van der Waals surface area contributed by atoms with E-state index in [1.807, 2.05) is 24.3 Å². The van der Waals surface area contributed by atoms with Crippen LogP contribution in [-0.4, -0.2) is 18.9 Å². The monoisotopic (exact) mass is 396 g/mol. The maximum Gasteiger partial charge on any atom is 0.222 e. The molecule has 156 valence electrons. The van der Waals surface area contributed by atoms with E-state index < -0.39 is 6.04 Å². The van der Waals surface area contributed by atoms with Gasteiger partial charge < -0.3 is 15.4 Å². The minimum absolute atomic E-state index is 0.0812. The molecule has 2 atom stereocenters. The van der Waals surface area contributed by atoms with E-state index in [1.165, 1.54) is 12.5 Å². The molecule has 0 aliphatic rings. The molecule has 2 amide bonds. The minimum atomic E-state index is -0.395. The topological polar surface area (TPSA) is 67.4 Å². The van der Waals surface area contributed by atoms with E-state index in [1.54, 1.807) is 7.11 Å². The zero-order chi connectivity index (χ0) is 21.4. The Kier molecular flexibility index (Phi) is 8.25. The van der Waals surface area contributed by atoms with Crippen LogP contribution in [0.1, 0.15) is 62.9 Å². The van der Waals surface area contributed by atoms with E-state index in [-0.39, 0.29) is 30.2 Å². The highest BCUT2D eigenvalue weighted by atomic mass is 16.5. The average molecular weight is 397 g/mol. The molecule has 0 aromatic heterocycles. The third kappa shape index (κ3) is 6.63. The average Bonchev–Trinajstić information content (AvgIpc) is 2.71. The number of methoxy groups -OCH3 is 1. The molecule has 0 saturated heterocycles. The molecule has 2 N–H and O–H groups in total. The quantitative estimate of drug-likeness (QED) is 0.663. The van der Waals surface area contributed by atoms with Gasteiger partial charge in [-0.05, 0) is 41.2 Å². The summed E-state index contributed by atoms with van der Waals surface area (Å²) in [6.45, 7) is 7.76. The molecule has 0 heterocycles. The maximum absolute atomic E-state index is 12.9. The molecule has 2 aromatic rings. The molecule has 2 unspecified atom stereocenters. The molecule has 0 aliphatic heterocycles. The number of amides is 2. The van der Waals surface area contributed by atoms with Crippen molar-refractivity contribution in [2.75, 3.05) is 7.11 Å². The van der Waals surface area contributed by atoms with Crippen LogP contribution < -0.4 is 15.4 Å². The summed E-state index contributed by atoms with van der Waals surface area (Å²) in [5.41, 5.74) is 3.23. The molecular formula is C24H32N2O3. The van der Waals surface area contributed by atoms with Gasteiger partial charge in [0.05, 0.1) is 25.6 Å². The first-order valence-corrected chi connectivity index (χ1v) is 10.1. The highest BCUT2D eigenvalue weighted by Gasteiger charge is 2.22. The van der Waals surface area contributed by atoms with Crippen LogP contribution in [0.2, 0.25) is 0 Å². The number of nitrogens with one attached hydrogen (secondary N) is 2. The third-order valence-electron chi connectivity index (χ3n) is 5.02. The lowest BCUT2D eigenvalue weighted by Gasteiger charge is -2.25. The van der Waals surface area contributed by atoms with Crippen molar-refractivity contribution >= 4 is 11.8 Å². The number of carbonyl (C=O) groups excluding carboxylic acids is 2. The van der Waals surface area contributed by atoms with Crippen molar-refractivity contribution in [3.05, 3.63) is 65.2 Å². The second-order valence-corrected chi connectivity index (χ2v) is 7.61. The van der Waals surface area contributed by atoms with E-state index in [9.17, 15) is 9.59 Å². The van der Waals surface area contributed by atoms with Crippen molar-refractivity contribution in [1.29, 1.82) is 0 Å². The van der Waals surface area contributed by atoms with Gasteiger partial charge in [-0.15, -0.1) is 0 Å². The summed E-state index contributed by atoms with van der Waals surface area (Å²) in [5.74, 6) is 0.703. The Hall–Kier alpha value is -2.82. The minimum Gasteiger partial charge on any atom is -0.497 e. The molecular weight excluding hydrogens is 364 g/mol. The maximum atomic E-state index is 12.9. The standard InChI is InChI=1S/C24H32N2O3/c1-6-18-7-9-20(10-8-18)24(16(2)3)26-23(28)15-22(25-17(4)27)19-11-13-21(29-5)14-12-19/h7-14,16,22,24H,6,15H2,1-5H3,(H,25,27)(H,26,28). The second kappa shape index (κ2) is 10.6. The lowest BCUT2D eigenvalue weighted by atomic mass is 9.94. The van der Waals surface area contributed by atoms with Gasteiger partial charge in [0, 0.05) is 6.92 Å². The van der Waals surface area contributed by atoms with Crippen molar-refractivity contribution < 1.29 is 14.3 Å². The van der Waals surface area contributed by atoms with Gasteiger partial charge in [-0.25, -0.2) is 0 Å². The van der Waals surface area contributed by atoms with Gasteiger partial charge in [0.25, 0.3) is 0 Å². The van der Waals surface area contributed by atoms with E-state index in [0.717, 1.165) is 23.3 Å². The number of carbonyl (C=O) groups is 2. The Morgan fingerprint density at radius 3 is 2.00 bits per heavy atom. The van der Waals surface area contributed by atoms with Crippen LogP contribution in [0.5, 0.6) is 5.75 Å². The molecule has 0 spiro atoms. The Labute approximate surface area is 173 Å². The summed E-state index contributed by atoms with van der Waals surface area (Å²) in [5, 5.41) is 6.03. The molecule has 29 heavy (non-hydrogen) atoms. The SMILES string of the molecule is CCc1ccc(C(NC(=O)CC(NC(C)=O)c2ccc(OC)cc2)C(C)C)cc1. The van der Waals surface area contributed by atoms with Gasteiger partial charge in [0.2, 0.25) is 11.8 Å². The first kappa shape index (κ1) is 22.5. The highest BCUT2D eigenvalue weighted by molar-refractivity contribution is 5.79. The van der Waals surface area contributed by atoms with Crippen LogP contribution in [-0.2, 0) is 16.0 Å². The predicted octanol–water partition coefficient (Wildman–Crippen LogP) is 4.34. The number of rotatable bonds is 9. The first-order valence-electron chi connectivity index (χ1n) is 10.1. The van der Waals surface area contributed by atoms with Gasteiger partial charge in [0.15, 0.2) is 0 Å². The van der Waals surface area contributed by atoms with Gasteiger partial charge in [-0.1, -0.05) is 57.2 Å². The van der Waals surface area contributed by atoms with E-state index >= 15 is 0 Å². The van der Waals surface area contributed by atoms with Crippen LogP contribution in [0.3, 0.4) is 0 Å². The Balaban J connectivity index is 2.14. The summed E-state index contributed by atoms with van der Waals surface area (Å²) >= 11 is 0. The molecule has 0 fully saturated rings. The van der Waals surface area contributed by atoms with Gasteiger partial charge in [-0.3, -0.25) is 9.59 Å². The third-order valence-corrected chi connectivity index (χ3v) is 5.02. The largest absolute Gasteiger partial charge is 0.497 e. The molecule has 0 bridgehead atoms. The smallest absolute Gasteiger partial charge is 0.222 e. The fourth-order valence-corrected chi connectivity index (χ4v) is 3.35. The zero-order valence-electron chi connectivity index (χ0n) is 18.0. The first-order chi connectivity index (χ1) is 13.8. The van der Waals surface area contributed by atoms with Crippen LogP contribution in [0.25, 0.3) is 0 Å². The van der Waals surface area contributed by atoms with Crippen molar-refractivity contribution in [2.45, 2.75) is 52.6 Å². The van der Waals surface area contributed by atoms with Gasteiger partial charge >= 0.3 is 0 Å². The number of aryl methyl sites for hydroxylation is 1. The predicted molar refractivity (Wildman–Crippen MR) is 116 cm³/mol. The van der Waals surface area contributed by atoms with Crippen LogP contribution in [0, 0.1) is 5.92 Å². The zero-order valence-corrected chi connectivity index (χ0v) is 18.0. The van der Waals surface area contributed by atoms with Crippen molar-refractivity contribution in [3.63, 3.8) is 0 Å². The van der Waals surface area contributed by atoms with E-state index in [4.69, 9.17) is 4.74 Å². The Morgan fingerprint density at radius 1 is 0.931 bits per heavy atom. The Morgan fingerprint density at radius 2 is 1.52 bits per heavy atom. The summed E-state index contributed by atoms with van der Waals surface area (Å²) in [6, 6.07) is 15.3. The highest BCUT2D eigenvalue weighted by Crippen LogP contribution is 2.24. The van der Waals surface area contributed by atoms with Crippen molar-refractivity contribution in [2.24, 2.45) is 5.92 Å². The van der Waals surface area contributed by atoms with Crippen molar-refractivity contribution in [1.82, 2.24) is 10.6 Å². The van der Waals surface area contributed by atoms with Gasteiger partial charge in [0.1, 0.15) is 5.75 Å². The normalized spacial score (nSPS) is 12.9. The molecule has 5 nitrogen and oxygen atoms in total. The molecule has 2 aromatic carbocycles. The molecule has 2 rings (SSSR count). The second-order valence-electron chi connectivity index (χ2n) is 7.61. The summed E-state index contributed by atoms with van der Waals surface area (Å²) in [7, 11) is 1.60.